The van der Waals surface area contributed by atoms with E-state index in [0.29, 0.717) is 6.04 Å². The van der Waals surface area contributed by atoms with Crippen LogP contribution in [-0.2, 0) is 6.42 Å². The van der Waals surface area contributed by atoms with Crippen LogP contribution in [0.3, 0.4) is 0 Å². The first kappa shape index (κ1) is 10.7. The van der Waals surface area contributed by atoms with Crippen molar-refractivity contribution in [2.75, 3.05) is 20.1 Å². The highest BCUT2D eigenvalue weighted by atomic mass is 15.2. The monoisotopic (exact) mass is 230 g/mol. The molecule has 1 saturated heterocycles. The van der Waals surface area contributed by atoms with E-state index in [1.807, 2.05) is 12.3 Å². The van der Waals surface area contributed by atoms with Gasteiger partial charge in [0.2, 0.25) is 0 Å². The molecule has 0 radical (unpaired) electrons. The Morgan fingerprint density at radius 1 is 1.47 bits per heavy atom. The third kappa shape index (κ3) is 1.72. The number of hydrogen-bond acceptors (Lipinski definition) is 3. The predicted molar refractivity (Wildman–Crippen MR) is 68.1 cm³/mol. The molecule has 4 heteroatoms. The molecule has 1 atom stereocenters. The highest BCUT2D eigenvalue weighted by Gasteiger charge is 2.25. The number of likely N-dealkylation sites (N-methyl/N-ethyl adjacent to an activating group) is 1. The van der Waals surface area contributed by atoms with Crippen LogP contribution in [0.1, 0.15) is 25.2 Å². The molecule has 0 N–H and O–H groups in total. The number of imidazole rings is 1. The molecule has 1 aliphatic rings. The Bertz CT molecular complexity index is 531. The average molecular weight is 230 g/mol. The first-order valence-electron chi connectivity index (χ1n) is 6.30. The van der Waals surface area contributed by atoms with E-state index in [9.17, 15) is 0 Å². The molecule has 0 aromatic carbocycles. The van der Waals surface area contributed by atoms with E-state index in [4.69, 9.17) is 0 Å². The number of hydrogen-bond donors (Lipinski definition) is 0. The largest absolute Gasteiger partial charge is 0.308 e. The lowest BCUT2D eigenvalue weighted by Crippen LogP contribution is -2.18. The fourth-order valence-corrected chi connectivity index (χ4v) is 2.73. The molecule has 4 nitrogen and oxygen atoms in total. The molecule has 17 heavy (non-hydrogen) atoms. The number of nitrogens with zero attached hydrogens (tertiary/aromatic N) is 4. The van der Waals surface area contributed by atoms with Gasteiger partial charge in [-0.05, 0) is 32.1 Å². The maximum Gasteiger partial charge on any atom is 0.160 e. The summed E-state index contributed by atoms with van der Waals surface area (Å²) in [7, 11) is 2.18. The van der Waals surface area contributed by atoms with Crippen LogP contribution >= 0.6 is 0 Å². The quantitative estimate of drug-likeness (QED) is 0.790. The molecule has 2 aromatic rings. The van der Waals surface area contributed by atoms with Crippen molar-refractivity contribution in [3.63, 3.8) is 0 Å². The van der Waals surface area contributed by atoms with Gasteiger partial charge in [-0.25, -0.2) is 9.97 Å². The lowest BCUT2D eigenvalue weighted by atomic mass is 10.2. The lowest BCUT2D eigenvalue weighted by Gasteiger charge is -2.15. The van der Waals surface area contributed by atoms with E-state index in [1.165, 1.54) is 18.8 Å². The zero-order valence-corrected chi connectivity index (χ0v) is 10.4. The Morgan fingerprint density at radius 3 is 3.06 bits per heavy atom. The molecule has 0 aliphatic carbocycles. The molecule has 0 bridgehead atoms. The first-order valence-corrected chi connectivity index (χ1v) is 6.30. The average Bonchev–Trinajstić information content (AvgIpc) is 2.91. The van der Waals surface area contributed by atoms with Gasteiger partial charge in [-0.15, -0.1) is 0 Å². The molecule has 1 unspecified atom stereocenters. The molecule has 3 rings (SSSR count). The van der Waals surface area contributed by atoms with E-state index < -0.39 is 0 Å². The topological polar surface area (TPSA) is 34.0 Å². The van der Waals surface area contributed by atoms with Crippen molar-refractivity contribution >= 4 is 11.2 Å². The number of likely N-dealkylation sites (tertiary alicyclic amines) is 1. The van der Waals surface area contributed by atoms with Gasteiger partial charge >= 0.3 is 0 Å². The zero-order valence-electron chi connectivity index (χ0n) is 10.4. The normalized spacial score (nSPS) is 21.4. The Morgan fingerprint density at radius 2 is 2.35 bits per heavy atom. The van der Waals surface area contributed by atoms with Gasteiger partial charge < -0.3 is 9.47 Å². The smallest absolute Gasteiger partial charge is 0.160 e. The summed E-state index contributed by atoms with van der Waals surface area (Å²) in [6.45, 7) is 4.44. The third-order valence-electron chi connectivity index (χ3n) is 3.57. The maximum absolute atomic E-state index is 4.68. The van der Waals surface area contributed by atoms with Gasteiger partial charge in [0.15, 0.2) is 5.65 Å². The van der Waals surface area contributed by atoms with E-state index in [0.717, 1.165) is 24.1 Å². The van der Waals surface area contributed by atoms with E-state index in [-0.39, 0.29) is 0 Å². The van der Waals surface area contributed by atoms with Crippen molar-refractivity contribution in [2.45, 2.75) is 25.8 Å². The van der Waals surface area contributed by atoms with Crippen LogP contribution in [0.4, 0.5) is 0 Å². The summed E-state index contributed by atoms with van der Waals surface area (Å²) in [4.78, 5) is 11.6. The predicted octanol–water partition coefficient (Wildman–Crippen LogP) is 1.87. The molecular formula is C13H18N4. The number of rotatable bonds is 2. The summed E-state index contributed by atoms with van der Waals surface area (Å²) >= 11 is 0. The highest BCUT2D eigenvalue weighted by Crippen LogP contribution is 2.26. The fourth-order valence-electron chi connectivity index (χ4n) is 2.73. The van der Waals surface area contributed by atoms with Crippen molar-refractivity contribution in [1.82, 2.24) is 19.4 Å². The highest BCUT2D eigenvalue weighted by molar-refractivity contribution is 5.71. The van der Waals surface area contributed by atoms with Crippen LogP contribution in [-0.4, -0.2) is 39.6 Å². The second-order valence-electron chi connectivity index (χ2n) is 4.80. The molecule has 2 aromatic heterocycles. The molecule has 3 heterocycles. The van der Waals surface area contributed by atoms with Gasteiger partial charge in [-0.1, -0.05) is 6.92 Å². The van der Waals surface area contributed by atoms with E-state index >= 15 is 0 Å². The Balaban J connectivity index is 2.12. The van der Waals surface area contributed by atoms with Gasteiger partial charge in [-0.3, -0.25) is 0 Å². The number of fused-ring (bicyclic) bond motifs is 1. The summed E-state index contributed by atoms with van der Waals surface area (Å²) in [6.07, 6.45) is 4.03. The summed E-state index contributed by atoms with van der Waals surface area (Å²) in [6, 6.07) is 4.55. The SMILES string of the molecule is CCc1nc2cccnc2n1C1CCN(C)C1. The van der Waals surface area contributed by atoms with Crippen LogP contribution in [0.15, 0.2) is 18.3 Å². The zero-order chi connectivity index (χ0) is 11.8. The van der Waals surface area contributed by atoms with Crippen molar-refractivity contribution in [3.8, 4) is 0 Å². The number of pyridine rings is 1. The van der Waals surface area contributed by atoms with Crippen LogP contribution in [0, 0.1) is 0 Å². The van der Waals surface area contributed by atoms with E-state index in [2.05, 4.69) is 39.5 Å². The molecule has 1 aliphatic heterocycles. The molecule has 90 valence electrons. The molecular weight excluding hydrogens is 212 g/mol. The number of aromatic nitrogens is 3. The van der Waals surface area contributed by atoms with E-state index in [1.54, 1.807) is 0 Å². The Kier molecular flexibility index (Phi) is 2.59. The summed E-state index contributed by atoms with van der Waals surface area (Å²) < 4.78 is 2.35. The van der Waals surface area contributed by atoms with Crippen LogP contribution in [0.2, 0.25) is 0 Å². The van der Waals surface area contributed by atoms with Gasteiger partial charge in [0.05, 0.1) is 6.04 Å². The molecule has 0 amide bonds. The second kappa shape index (κ2) is 4.11. The van der Waals surface area contributed by atoms with Crippen molar-refractivity contribution in [2.24, 2.45) is 0 Å². The van der Waals surface area contributed by atoms with Gasteiger partial charge in [0, 0.05) is 19.2 Å². The lowest BCUT2D eigenvalue weighted by molar-refractivity contribution is 0.392. The Hall–Kier alpha value is -1.42. The first-order chi connectivity index (χ1) is 8.29. The standard InChI is InChI=1S/C13H18N4/c1-3-12-15-11-5-4-7-14-13(11)17(12)10-6-8-16(2)9-10/h4-5,7,10H,3,6,8-9H2,1-2H3. The van der Waals surface area contributed by atoms with Crippen molar-refractivity contribution in [3.05, 3.63) is 24.2 Å². The van der Waals surface area contributed by atoms with Crippen LogP contribution in [0.25, 0.3) is 11.2 Å². The molecule has 1 fully saturated rings. The minimum Gasteiger partial charge on any atom is -0.308 e. The van der Waals surface area contributed by atoms with Gasteiger partial charge in [0.1, 0.15) is 11.3 Å². The second-order valence-corrected chi connectivity index (χ2v) is 4.80. The molecule has 0 spiro atoms. The van der Waals surface area contributed by atoms with Crippen LogP contribution < -0.4 is 0 Å². The summed E-state index contributed by atoms with van der Waals surface area (Å²) in [5, 5.41) is 0. The summed E-state index contributed by atoms with van der Waals surface area (Å²) in [5.74, 6) is 1.17. The third-order valence-corrected chi connectivity index (χ3v) is 3.57. The fraction of sp³-hybridized carbons (Fsp3) is 0.538. The minimum absolute atomic E-state index is 0.537. The van der Waals surface area contributed by atoms with Gasteiger partial charge in [0.25, 0.3) is 0 Å². The van der Waals surface area contributed by atoms with Gasteiger partial charge in [-0.2, -0.15) is 0 Å². The maximum atomic E-state index is 4.68. The number of aryl methyl sites for hydroxylation is 1. The van der Waals surface area contributed by atoms with Crippen molar-refractivity contribution < 1.29 is 0 Å². The molecule has 0 saturated carbocycles. The van der Waals surface area contributed by atoms with Crippen LogP contribution in [0.5, 0.6) is 0 Å². The Labute approximate surface area is 101 Å². The van der Waals surface area contributed by atoms with Crippen molar-refractivity contribution in [1.29, 1.82) is 0 Å². The summed E-state index contributed by atoms with van der Waals surface area (Å²) in [5.41, 5.74) is 2.07. The minimum atomic E-state index is 0.537.